The fourth-order valence-corrected chi connectivity index (χ4v) is 9.25. The van der Waals surface area contributed by atoms with Crippen LogP contribution in [0.4, 0.5) is 28.4 Å². The Morgan fingerprint density at radius 2 is 0.925 bits per heavy atom. The van der Waals surface area contributed by atoms with Gasteiger partial charge in [0.05, 0.1) is 16.5 Å². The van der Waals surface area contributed by atoms with Gasteiger partial charge < -0.3 is 14.2 Å². The van der Waals surface area contributed by atoms with E-state index in [1.54, 1.807) is 0 Å². The zero-order chi connectivity index (χ0) is 35.1. The van der Waals surface area contributed by atoms with Crippen LogP contribution in [0, 0.1) is 0 Å². The fraction of sp³-hybridized carbons (Fsp3) is 0.0400. The Bertz CT molecular complexity index is 2770. The van der Waals surface area contributed by atoms with E-state index < -0.39 is 5.41 Å². The van der Waals surface area contributed by atoms with Gasteiger partial charge in [0.25, 0.3) is 0 Å². The molecule has 0 saturated heterocycles. The Balaban J connectivity index is 1.10. The van der Waals surface area contributed by atoms with Crippen molar-refractivity contribution in [3.05, 3.63) is 210 Å². The lowest BCUT2D eigenvalue weighted by atomic mass is 9.70. The minimum Gasteiger partial charge on any atom is -0.456 e. The third-order valence-corrected chi connectivity index (χ3v) is 11.5. The highest BCUT2D eigenvalue weighted by atomic mass is 16.3. The summed E-state index contributed by atoms with van der Waals surface area (Å²) < 4.78 is 6.55. The molecule has 9 aromatic rings. The number of anilines is 5. The van der Waals surface area contributed by atoms with Gasteiger partial charge >= 0.3 is 0 Å². The van der Waals surface area contributed by atoms with E-state index >= 15 is 0 Å². The molecule has 0 unspecified atom stereocenters. The van der Waals surface area contributed by atoms with Gasteiger partial charge in [-0.3, -0.25) is 0 Å². The van der Waals surface area contributed by atoms with Crippen LogP contribution in [0.15, 0.2) is 192 Å². The van der Waals surface area contributed by atoms with Crippen LogP contribution in [0.5, 0.6) is 0 Å². The predicted molar refractivity (Wildman–Crippen MR) is 219 cm³/mol. The van der Waals surface area contributed by atoms with Crippen LogP contribution < -0.4 is 9.80 Å². The van der Waals surface area contributed by atoms with E-state index in [0.29, 0.717) is 0 Å². The van der Waals surface area contributed by atoms with Crippen LogP contribution in [-0.4, -0.2) is 7.05 Å². The van der Waals surface area contributed by atoms with Gasteiger partial charge in [0.15, 0.2) is 0 Å². The van der Waals surface area contributed by atoms with Crippen molar-refractivity contribution in [3.8, 4) is 22.3 Å². The Kier molecular flexibility index (Phi) is 6.38. The molecule has 3 heteroatoms. The highest BCUT2D eigenvalue weighted by molar-refractivity contribution is 6.13. The summed E-state index contributed by atoms with van der Waals surface area (Å²) in [6.07, 6.45) is 0. The van der Waals surface area contributed by atoms with Gasteiger partial charge in [0, 0.05) is 35.2 Å². The van der Waals surface area contributed by atoms with Crippen molar-refractivity contribution >= 4 is 50.4 Å². The van der Waals surface area contributed by atoms with Gasteiger partial charge in [0.1, 0.15) is 11.2 Å². The zero-order valence-corrected chi connectivity index (χ0v) is 29.2. The first kappa shape index (κ1) is 29.8. The molecule has 2 aliphatic rings. The molecule has 0 amide bonds. The monoisotopic (exact) mass is 678 g/mol. The molecule has 250 valence electrons. The first-order valence-corrected chi connectivity index (χ1v) is 18.2. The summed E-state index contributed by atoms with van der Waals surface area (Å²) in [4.78, 5) is 4.64. The number of benzene rings is 8. The third kappa shape index (κ3) is 4.16. The largest absolute Gasteiger partial charge is 0.456 e. The molecule has 0 saturated carbocycles. The number of fused-ring (bicyclic) bond motifs is 13. The Morgan fingerprint density at radius 1 is 0.396 bits per heavy atom. The van der Waals surface area contributed by atoms with Crippen LogP contribution in [0.3, 0.4) is 0 Å². The lowest BCUT2D eigenvalue weighted by Crippen LogP contribution is -2.26. The molecule has 11 rings (SSSR count). The summed E-state index contributed by atoms with van der Waals surface area (Å²) in [5.74, 6) is 0. The molecule has 0 atom stereocenters. The first-order chi connectivity index (χ1) is 26.2. The van der Waals surface area contributed by atoms with Crippen LogP contribution in [0.25, 0.3) is 44.2 Å². The molecule has 1 spiro atoms. The number of furan rings is 1. The second-order valence-electron chi connectivity index (χ2n) is 14.1. The van der Waals surface area contributed by atoms with Gasteiger partial charge in [-0.05, 0) is 111 Å². The quantitative estimate of drug-likeness (QED) is 0.181. The molecule has 1 aromatic heterocycles. The Labute approximate surface area is 308 Å². The molecule has 3 nitrogen and oxygen atoms in total. The van der Waals surface area contributed by atoms with E-state index in [0.717, 1.165) is 50.4 Å². The molecule has 8 aromatic carbocycles. The van der Waals surface area contributed by atoms with Crippen molar-refractivity contribution in [2.75, 3.05) is 16.8 Å². The van der Waals surface area contributed by atoms with Crippen molar-refractivity contribution in [3.63, 3.8) is 0 Å². The molecule has 0 radical (unpaired) electrons. The second-order valence-corrected chi connectivity index (χ2v) is 14.1. The summed E-state index contributed by atoms with van der Waals surface area (Å²) in [6.45, 7) is 0. The average Bonchev–Trinajstić information content (AvgIpc) is 3.85. The highest BCUT2D eigenvalue weighted by Gasteiger charge is 2.51. The van der Waals surface area contributed by atoms with E-state index in [1.165, 1.54) is 44.5 Å². The minimum absolute atomic E-state index is 0.391. The number of hydrogen-bond donors (Lipinski definition) is 0. The Hall–Kier alpha value is -6.84. The molecule has 2 aliphatic carbocycles. The molecule has 0 fully saturated rings. The summed E-state index contributed by atoms with van der Waals surface area (Å²) in [7, 11) is 2.19. The molecule has 0 aliphatic heterocycles. The van der Waals surface area contributed by atoms with Gasteiger partial charge in [0.2, 0.25) is 0 Å². The SMILES string of the molecule is CN(c1ccc2c(c1)C1(c3ccccc3-c3ccccc31)c1ccccc1-2)c1cccc2oc3ccc(N(c4ccccc4)c4ccccc4)cc3c12. The number of para-hydroxylation sites is 2. The van der Waals surface area contributed by atoms with Crippen molar-refractivity contribution in [1.82, 2.24) is 0 Å². The lowest BCUT2D eigenvalue weighted by Gasteiger charge is -2.31. The molecule has 53 heavy (non-hydrogen) atoms. The predicted octanol–water partition coefficient (Wildman–Crippen LogP) is 13.2. The molecule has 0 bridgehead atoms. The van der Waals surface area contributed by atoms with Crippen molar-refractivity contribution in [2.24, 2.45) is 0 Å². The van der Waals surface area contributed by atoms with E-state index in [2.05, 4.69) is 205 Å². The maximum Gasteiger partial charge on any atom is 0.137 e. The van der Waals surface area contributed by atoms with Crippen molar-refractivity contribution in [1.29, 1.82) is 0 Å². The number of rotatable bonds is 5. The van der Waals surface area contributed by atoms with Crippen molar-refractivity contribution in [2.45, 2.75) is 5.41 Å². The van der Waals surface area contributed by atoms with Crippen molar-refractivity contribution < 1.29 is 4.42 Å². The molecular weight excluding hydrogens is 645 g/mol. The van der Waals surface area contributed by atoms with Crippen LogP contribution in [-0.2, 0) is 5.41 Å². The van der Waals surface area contributed by atoms with E-state index in [4.69, 9.17) is 4.42 Å². The van der Waals surface area contributed by atoms with Gasteiger partial charge in [-0.15, -0.1) is 0 Å². The van der Waals surface area contributed by atoms with Gasteiger partial charge in [-0.2, -0.15) is 0 Å². The molecule has 0 N–H and O–H groups in total. The summed E-state index contributed by atoms with van der Waals surface area (Å²) in [6, 6.07) is 68.1. The number of nitrogens with zero attached hydrogens (tertiary/aromatic N) is 2. The average molecular weight is 679 g/mol. The summed E-state index contributed by atoms with van der Waals surface area (Å²) in [5, 5.41) is 2.18. The second kappa shape index (κ2) is 11.3. The topological polar surface area (TPSA) is 19.6 Å². The lowest BCUT2D eigenvalue weighted by molar-refractivity contribution is 0.669. The zero-order valence-electron chi connectivity index (χ0n) is 29.2. The highest BCUT2D eigenvalue weighted by Crippen LogP contribution is 2.63. The van der Waals surface area contributed by atoms with Crippen LogP contribution >= 0.6 is 0 Å². The summed E-state index contributed by atoms with van der Waals surface area (Å²) in [5.41, 5.74) is 17.5. The minimum atomic E-state index is -0.391. The third-order valence-electron chi connectivity index (χ3n) is 11.5. The molecule has 1 heterocycles. The summed E-state index contributed by atoms with van der Waals surface area (Å²) >= 11 is 0. The maximum atomic E-state index is 6.55. The first-order valence-electron chi connectivity index (χ1n) is 18.2. The van der Waals surface area contributed by atoms with Crippen LogP contribution in [0.1, 0.15) is 22.3 Å². The smallest absolute Gasteiger partial charge is 0.137 e. The fourth-order valence-electron chi connectivity index (χ4n) is 9.25. The molecular formula is C50H34N2O. The standard InChI is InChI=1S/C50H34N2O/c1-51(35-27-29-40-39-21-10-13-24-44(39)50(45(40)32-35)42-22-11-8-19-37(42)38-20-9-12-23-43(38)50)46-25-14-26-48-49(46)41-31-36(28-30-47(41)53-48)52(33-15-4-2-5-16-33)34-17-6-3-7-18-34/h2-32H,1H3. The maximum absolute atomic E-state index is 6.55. The number of hydrogen-bond acceptors (Lipinski definition) is 3. The van der Waals surface area contributed by atoms with Gasteiger partial charge in [-0.25, -0.2) is 0 Å². The van der Waals surface area contributed by atoms with Crippen LogP contribution in [0.2, 0.25) is 0 Å². The normalized spacial score (nSPS) is 13.2. The van der Waals surface area contributed by atoms with E-state index in [1.807, 2.05) is 0 Å². The Morgan fingerprint density at radius 3 is 1.53 bits per heavy atom. The van der Waals surface area contributed by atoms with E-state index in [9.17, 15) is 0 Å². The van der Waals surface area contributed by atoms with E-state index in [-0.39, 0.29) is 0 Å². The van der Waals surface area contributed by atoms with Gasteiger partial charge in [-0.1, -0.05) is 121 Å².